The van der Waals surface area contributed by atoms with Crippen LogP contribution in [0.3, 0.4) is 0 Å². The summed E-state index contributed by atoms with van der Waals surface area (Å²) in [5.74, 6) is 0.282. The van der Waals surface area contributed by atoms with Crippen molar-refractivity contribution in [3.05, 3.63) is 29.3 Å². The standard InChI is InChI=1S/C14H20ClN3O3/c1-11(19)18(9-7-16)14(20)17-8-4-10-21-13-6-3-2-5-12(13)15/h2-3,5-6H,4,7-10,16H2,1H3,(H,17,20). The molecule has 6 nitrogen and oxygen atoms in total. The molecule has 1 aromatic carbocycles. The number of urea groups is 1. The quantitative estimate of drug-likeness (QED) is 0.749. The minimum atomic E-state index is -0.439. The van der Waals surface area contributed by atoms with E-state index in [-0.39, 0.29) is 19.0 Å². The molecular weight excluding hydrogens is 294 g/mol. The van der Waals surface area contributed by atoms with Gasteiger partial charge in [-0.3, -0.25) is 9.69 Å². The van der Waals surface area contributed by atoms with Crippen LogP contribution in [0.1, 0.15) is 13.3 Å². The molecule has 0 radical (unpaired) electrons. The van der Waals surface area contributed by atoms with Gasteiger partial charge in [0.25, 0.3) is 0 Å². The van der Waals surface area contributed by atoms with Crippen LogP contribution in [0.15, 0.2) is 24.3 Å². The molecule has 0 heterocycles. The molecule has 3 amide bonds. The topological polar surface area (TPSA) is 84.7 Å². The maximum atomic E-state index is 11.7. The largest absolute Gasteiger partial charge is 0.492 e. The van der Waals surface area contributed by atoms with Crippen molar-refractivity contribution in [3.8, 4) is 5.75 Å². The number of hydrogen-bond donors (Lipinski definition) is 2. The number of carbonyl (C=O) groups is 2. The fourth-order valence-corrected chi connectivity index (χ4v) is 1.83. The number of halogens is 1. The number of para-hydroxylation sites is 1. The van der Waals surface area contributed by atoms with Crippen LogP contribution in [-0.2, 0) is 4.79 Å². The van der Waals surface area contributed by atoms with Gasteiger partial charge in [-0.25, -0.2) is 4.79 Å². The Hall–Kier alpha value is -1.79. The lowest BCUT2D eigenvalue weighted by Crippen LogP contribution is -2.45. The number of rotatable bonds is 7. The SMILES string of the molecule is CC(=O)N(CCN)C(=O)NCCCOc1ccccc1Cl. The molecule has 0 unspecified atom stereocenters. The average molecular weight is 314 g/mol. The third-order valence-electron chi connectivity index (χ3n) is 2.67. The number of amides is 3. The van der Waals surface area contributed by atoms with Crippen LogP contribution in [0.2, 0.25) is 5.02 Å². The Morgan fingerprint density at radius 1 is 1.38 bits per heavy atom. The van der Waals surface area contributed by atoms with E-state index in [9.17, 15) is 9.59 Å². The Balaban J connectivity index is 2.26. The maximum Gasteiger partial charge on any atom is 0.324 e. The molecule has 3 N–H and O–H groups in total. The van der Waals surface area contributed by atoms with Crippen molar-refractivity contribution >= 4 is 23.5 Å². The van der Waals surface area contributed by atoms with Crippen molar-refractivity contribution in [2.45, 2.75) is 13.3 Å². The number of ether oxygens (including phenoxy) is 1. The highest BCUT2D eigenvalue weighted by atomic mass is 35.5. The average Bonchev–Trinajstić information content (AvgIpc) is 2.45. The van der Waals surface area contributed by atoms with Gasteiger partial charge in [0, 0.05) is 26.6 Å². The number of nitrogens with two attached hydrogens (primary N) is 1. The second kappa shape index (κ2) is 9.20. The molecule has 21 heavy (non-hydrogen) atoms. The van der Waals surface area contributed by atoms with E-state index in [1.807, 2.05) is 12.1 Å². The first kappa shape index (κ1) is 17.3. The van der Waals surface area contributed by atoms with Crippen molar-refractivity contribution in [2.24, 2.45) is 5.73 Å². The zero-order valence-electron chi connectivity index (χ0n) is 12.0. The van der Waals surface area contributed by atoms with Gasteiger partial charge in [-0.05, 0) is 18.6 Å². The van der Waals surface area contributed by atoms with Crippen molar-refractivity contribution in [2.75, 3.05) is 26.2 Å². The Kier molecular flexibility index (Phi) is 7.56. The van der Waals surface area contributed by atoms with E-state index in [4.69, 9.17) is 22.1 Å². The monoisotopic (exact) mass is 313 g/mol. The van der Waals surface area contributed by atoms with E-state index in [1.165, 1.54) is 6.92 Å². The highest BCUT2D eigenvalue weighted by Crippen LogP contribution is 2.22. The molecule has 0 spiro atoms. The predicted octanol–water partition coefficient (Wildman–Crippen LogP) is 1.63. The number of hydrogen-bond acceptors (Lipinski definition) is 4. The van der Waals surface area contributed by atoms with Gasteiger partial charge < -0.3 is 15.8 Å². The summed E-state index contributed by atoms with van der Waals surface area (Å²) in [5.41, 5.74) is 5.35. The third kappa shape index (κ3) is 6.01. The first-order chi connectivity index (χ1) is 10.1. The second-order valence-electron chi connectivity index (χ2n) is 4.32. The molecule has 0 bridgehead atoms. The first-order valence-electron chi connectivity index (χ1n) is 6.69. The van der Waals surface area contributed by atoms with Crippen molar-refractivity contribution < 1.29 is 14.3 Å². The summed E-state index contributed by atoms with van der Waals surface area (Å²) < 4.78 is 5.49. The molecule has 0 aliphatic heterocycles. The van der Waals surface area contributed by atoms with Crippen LogP contribution in [0.4, 0.5) is 4.79 Å². The van der Waals surface area contributed by atoms with E-state index < -0.39 is 6.03 Å². The van der Waals surface area contributed by atoms with Crippen LogP contribution >= 0.6 is 11.6 Å². The molecule has 0 fully saturated rings. The molecule has 0 aliphatic rings. The van der Waals surface area contributed by atoms with Gasteiger partial charge in [0.2, 0.25) is 5.91 Å². The van der Waals surface area contributed by atoms with Crippen molar-refractivity contribution in [3.63, 3.8) is 0 Å². The lowest BCUT2D eigenvalue weighted by Gasteiger charge is -2.18. The summed E-state index contributed by atoms with van der Waals surface area (Å²) >= 11 is 5.95. The zero-order valence-corrected chi connectivity index (χ0v) is 12.7. The second-order valence-corrected chi connectivity index (χ2v) is 4.73. The minimum absolute atomic E-state index is 0.206. The molecule has 0 saturated carbocycles. The normalized spacial score (nSPS) is 10.0. The summed E-state index contributed by atoms with van der Waals surface area (Å²) in [6.07, 6.45) is 0.603. The van der Waals surface area contributed by atoms with Crippen LogP contribution in [0.25, 0.3) is 0 Å². The Labute approximate surface area is 129 Å². The lowest BCUT2D eigenvalue weighted by atomic mass is 10.3. The Morgan fingerprint density at radius 2 is 2.10 bits per heavy atom. The van der Waals surface area contributed by atoms with Crippen LogP contribution in [0, 0.1) is 0 Å². The highest BCUT2D eigenvalue weighted by molar-refractivity contribution is 6.32. The number of carbonyl (C=O) groups excluding carboxylic acids is 2. The van der Waals surface area contributed by atoms with Gasteiger partial charge in [-0.1, -0.05) is 23.7 Å². The lowest BCUT2D eigenvalue weighted by molar-refractivity contribution is -0.125. The Morgan fingerprint density at radius 3 is 2.71 bits per heavy atom. The van der Waals surface area contributed by atoms with Gasteiger partial charge >= 0.3 is 6.03 Å². The predicted molar refractivity (Wildman–Crippen MR) is 81.4 cm³/mol. The summed E-state index contributed by atoms with van der Waals surface area (Å²) in [7, 11) is 0. The fourth-order valence-electron chi connectivity index (χ4n) is 1.64. The van der Waals surface area contributed by atoms with E-state index in [2.05, 4.69) is 5.32 Å². The van der Waals surface area contributed by atoms with E-state index >= 15 is 0 Å². The third-order valence-corrected chi connectivity index (χ3v) is 2.98. The number of imide groups is 1. The first-order valence-corrected chi connectivity index (χ1v) is 7.07. The molecule has 0 atom stereocenters. The van der Waals surface area contributed by atoms with E-state index in [0.717, 1.165) is 4.90 Å². The fraction of sp³-hybridized carbons (Fsp3) is 0.429. The van der Waals surface area contributed by atoms with Crippen LogP contribution in [0.5, 0.6) is 5.75 Å². The molecule has 0 aliphatic carbocycles. The van der Waals surface area contributed by atoms with Crippen LogP contribution < -0.4 is 15.8 Å². The van der Waals surface area contributed by atoms with Crippen molar-refractivity contribution in [1.82, 2.24) is 10.2 Å². The summed E-state index contributed by atoms with van der Waals surface area (Å²) in [4.78, 5) is 24.1. The Bertz CT molecular complexity index is 482. The summed E-state index contributed by atoms with van der Waals surface area (Å²) in [6.45, 7) is 2.59. The minimum Gasteiger partial charge on any atom is -0.492 e. The van der Waals surface area contributed by atoms with Gasteiger partial charge in [0.1, 0.15) is 5.75 Å². The highest BCUT2D eigenvalue weighted by Gasteiger charge is 2.15. The molecule has 1 rings (SSSR count). The summed E-state index contributed by atoms with van der Waals surface area (Å²) in [5, 5.41) is 3.20. The van der Waals surface area contributed by atoms with Gasteiger partial charge in [0.05, 0.1) is 11.6 Å². The number of nitrogens with one attached hydrogen (secondary N) is 1. The van der Waals surface area contributed by atoms with Crippen LogP contribution in [-0.4, -0.2) is 43.1 Å². The molecule has 7 heteroatoms. The molecular formula is C14H20ClN3O3. The molecule has 0 aromatic heterocycles. The van der Waals surface area contributed by atoms with E-state index in [1.54, 1.807) is 12.1 Å². The van der Waals surface area contributed by atoms with Gasteiger partial charge in [0.15, 0.2) is 0 Å². The molecule has 116 valence electrons. The molecule has 0 saturated heterocycles. The molecule has 1 aromatic rings. The number of nitrogens with zero attached hydrogens (tertiary/aromatic N) is 1. The van der Waals surface area contributed by atoms with Gasteiger partial charge in [-0.15, -0.1) is 0 Å². The van der Waals surface area contributed by atoms with Crippen molar-refractivity contribution in [1.29, 1.82) is 0 Å². The smallest absolute Gasteiger partial charge is 0.324 e. The summed E-state index contributed by atoms with van der Waals surface area (Å²) in [6, 6.07) is 6.74. The van der Waals surface area contributed by atoms with Gasteiger partial charge in [-0.2, -0.15) is 0 Å². The maximum absolute atomic E-state index is 11.7. The zero-order chi connectivity index (χ0) is 15.7. The number of benzene rings is 1. The van der Waals surface area contributed by atoms with E-state index in [0.29, 0.717) is 30.3 Å².